The lowest BCUT2D eigenvalue weighted by molar-refractivity contribution is 0.737. The van der Waals surface area contributed by atoms with Gasteiger partial charge in [-0.1, -0.05) is 0 Å². The van der Waals surface area contributed by atoms with E-state index in [0.29, 0.717) is 18.2 Å². The molecule has 2 aromatic heterocycles. The van der Waals surface area contributed by atoms with Crippen LogP contribution in [0.4, 0.5) is 5.82 Å². The third kappa shape index (κ3) is 1.17. The predicted octanol–water partition coefficient (Wildman–Crippen LogP) is -0.573. The SMILES string of the molecule is O=c1nccc2n1CC(n1nccn1)=N2. The third-order valence-corrected chi connectivity index (χ3v) is 2.11. The van der Waals surface area contributed by atoms with Crippen LogP contribution in [0.2, 0.25) is 0 Å². The highest BCUT2D eigenvalue weighted by Crippen LogP contribution is 2.15. The molecule has 2 aromatic rings. The van der Waals surface area contributed by atoms with E-state index in [4.69, 9.17) is 0 Å². The fourth-order valence-electron chi connectivity index (χ4n) is 1.44. The van der Waals surface area contributed by atoms with E-state index in [1.807, 2.05) is 0 Å². The maximum atomic E-state index is 11.4. The Morgan fingerprint density at radius 2 is 2.00 bits per heavy atom. The number of nitrogens with zero attached hydrogens (tertiary/aromatic N) is 6. The summed E-state index contributed by atoms with van der Waals surface area (Å²) >= 11 is 0. The molecule has 0 radical (unpaired) electrons. The van der Waals surface area contributed by atoms with Gasteiger partial charge in [-0.2, -0.15) is 10.2 Å². The molecular weight excluding hydrogens is 196 g/mol. The molecule has 3 rings (SSSR count). The Bertz CT molecular complexity index is 581. The molecule has 7 nitrogen and oxygen atoms in total. The molecule has 0 N–H and O–H groups in total. The first-order valence-corrected chi connectivity index (χ1v) is 4.35. The highest BCUT2D eigenvalue weighted by Gasteiger charge is 2.17. The van der Waals surface area contributed by atoms with Crippen molar-refractivity contribution >= 4 is 11.7 Å². The van der Waals surface area contributed by atoms with E-state index >= 15 is 0 Å². The lowest BCUT2D eigenvalue weighted by Crippen LogP contribution is -2.25. The van der Waals surface area contributed by atoms with Crippen molar-refractivity contribution in [2.24, 2.45) is 4.99 Å². The Kier molecular flexibility index (Phi) is 1.52. The summed E-state index contributed by atoms with van der Waals surface area (Å²) in [6, 6.07) is 1.68. The second-order valence-electron chi connectivity index (χ2n) is 3.02. The topological polar surface area (TPSA) is 78.0 Å². The first-order valence-electron chi connectivity index (χ1n) is 4.35. The molecule has 7 heteroatoms. The predicted molar refractivity (Wildman–Crippen MR) is 51.0 cm³/mol. The lowest BCUT2D eigenvalue weighted by Gasteiger charge is -1.98. The maximum Gasteiger partial charge on any atom is 0.349 e. The standard InChI is InChI=1S/C8H6N6O/c15-8-9-2-1-6-12-7(5-13(6)8)14-10-3-4-11-14/h1-4H,5H2. The van der Waals surface area contributed by atoms with Crippen LogP contribution in [0.5, 0.6) is 0 Å². The molecule has 3 heterocycles. The Morgan fingerprint density at radius 3 is 2.73 bits per heavy atom. The van der Waals surface area contributed by atoms with Crippen molar-refractivity contribution in [1.82, 2.24) is 24.5 Å². The minimum atomic E-state index is -0.307. The molecule has 1 aliphatic heterocycles. The van der Waals surface area contributed by atoms with E-state index in [0.717, 1.165) is 0 Å². The van der Waals surface area contributed by atoms with E-state index in [-0.39, 0.29) is 5.69 Å². The van der Waals surface area contributed by atoms with Crippen LogP contribution in [0.15, 0.2) is 34.4 Å². The Labute approximate surface area is 83.7 Å². The van der Waals surface area contributed by atoms with Crippen LogP contribution in [-0.4, -0.2) is 30.4 Å². The third-order valence-electron chi connectivity index (χ3n) is 2.11. The molecule has 15 heavy (non-hydrogen) atoms. The highest BCUT2D eigenvalue weighted by molar-refractivity contribution is 5.87. The monoisotopic (exact) mass is 202 g/mol. The molecule has 0 saturated carbocycles. The number of aromatic nitrogens is 5. The Hall–Kier alpha value is -2.31. The summed E-state index contributed by atoms with van der Waals surface area (Å²) in [5.74, 6) is 1.20. The smallest absolute Gasteiger partial charge is 0.269 e. The zero-order valence-electron chi connectivity index (χ0n) is 7.61. The molecule has 0 atom stereocenters. The van der Waals surface area contributed by atoms with Gasteiger partial charge in [0.05, 0.1) is 18.9 Å². The molecule has 1 aliphatic rings. The second kappa shape index (κ2) is 2.84. The quantitative estimate of drug-likeness (QED) is 0.573. The average Bonchev–Trinajstić information content (AvgIpc) is 2.86. The number of hydrogen-bond donors (Lipinski definition) is 0. The van der Waals surface area contributed by atoms with E-state index in [1.165, 1.54) is 15.6 Å². The lowest BCUT2D eigenvalue weighted by atomic mass is 10.6. The fraction of sp³-hybridized carbons (Fsp3) is 0.125. The van der Waals surface area contributed by atoms with Crippen molar-refractivity contribution < 1.29 is 0 Å². The van der Waals surface area contributed by atoms with Crippen LogP contribution in [0.25, 0.3) is 0 Å². The summed E-state index contributed by atoms with van der Waals surface area (Å²) in [6.45, 7) is 0.358. The normalized spacial score (nSPS) is 13.7. The van der Waals surface area contributed by atoms with E-state index < -0.39 is 0 Å². The van der Waals surface area contributed by atoms with Gasteiger partial charge in [0.2, 0.25) is 0 Å². The second-order valence-corrected chi connectivity index (χ2v) is 3.02. The number of rotatable bonds is 0. The number of fused-ring (bicyclic) bond motifs is 1. The van der Waals surface area contributed by atoms with Gasteiger partial charge < -0.3 is 0 Å². The largest absolute Gasteiger partial charge is 0.349 e. The van der Waals surface area contributed by atoms with Crippen molar-refractivity contribution in [2.45, 2.75) is 6.54 Å². The first kappa shape index (κ1) is 8.04. The molecule has 0 aliphatic carbocycles. The molecular formula is C8H6N6O. The molecule has 0 saturated heterocycles. The van der Waals surface area contributed by atoms with Crippen LogP contribution < -0.4 is 5.69 Å². The van der Waals surface area contributed by atoms with Gasteiger partial charge in [0.25, 0.3) is 0 Å². The number of aliphatic imine (C=N–C) groups is 1. The Balaban J connectivity index is 2.09. The summed E-state index contributed by atoms with van der Waals surface area (Å²) in [4.78, 5) is 20.6. The van der Waals surface area contributed by atoms with Crippen molar-refractivity contribution in [3.8, 4) is 0 Å². The van der Waals surface area contributed by atoms with Gasteiger partial charge in [-0.3, -0.25) is 4.57 Å². The Morgan fingerprint density at radius 1 is 1.20 bits per heavy atom. The molecule has 0 unspecified atom stereocenters. The van der Waals surface area contributed by atoms with Gasteiger partial charge in [0, 0.05) is 6.20 Å². The van der Waals surface area contributed by atoms with Crippen molar-refractivity contribution in [1.29, 1.82) is 0 Å². The minimum Gasteiger partial charge on any atom is -0.269 e. The number of hydrogen-bond acceptors (Lipinski definition) is 5. The minimum absolute atomic E-state index is 0.307. The summed E-state index contributed by atoms with van der Waals surface area (Å²) in [7, 11) is 0. The van der Waals surface area contributed by atoms with E-state index in [1.54, 1.807) is 18.5 Å². The van der Waals surface area contributed by atoms with Crippen molar-refractivity contribution in [3.05, 3.63) is 35.1 Å². The van der Waals surface area contributed by atoms with Crippen LogP contribution in [0.3, 0.4) is 0 Å². The molecule has 0 fully saturated rings. The van der Waals surface area contributed by atoms with Gasteiger partial charge in [-0.05, 0) is 6.07 Å². The van der Waals surface area contributed by atoms with Crippen LogP contribution in [0, 0.1) is 0 Å². The van der Waals surface area contributed by atoms with E-state index in [2.05, 4.69) is 20.2 Å². The molecule has 0 amide bonds. The van der Waals surface area contributed by atoms with Gasteiger partial charge in [-0.25, -0.2) is 14.8 Å². The van der Waals surface area contributed by atoms with Crippen LogP contribution in [-0.2, 0) is 6.54 Å². The van der Waals surface area contributed by atoms with Crippen LogP contribution >= 0.6 is 0 Å². The summed E-state index contributed by atoms with van der Waals surface area (Å²) in [6.07, 6.45) is 4.57. The van der Waals surface area contributed by atoms with Crippen molar-refractivity contribution in [2.75, 3.05) is 0 Å². The molecule has 0 spiro atoms. The summed E-state index contributed by atoms with van der Waals surface area (Å²) in [5.41, 5.74) is -0.307. The molecule has 74 valence electrons. The van der Waals surface area contributed by atoms with Gasteiger partial charge in [-0.15, -0.1) is 4.80 Å². The summed E-state index contributed by atoms with van der Waals surface area (Å²) in [5, 5.41) is 7.90. The van der Waals surface area contributed by atoms with Crippen molar-refractivity contribution in [3.63, 3.8) is 0 Å². The van der Waals surface area contributed by atoms with Gasteiger partial charge in [0.1, 0.15) is 5.82 Å². The average molecular weight is 202 g/mol. The van der Waals surface area contributed by atoms with E-state index in [9.17, 15) is 4.79 Å². The zero-order chi connectivity index (χ0) is 10.3. The highest BCUT2D eigenvalue weighted by atomic mass is 16.1. The fourth-order valence-corrected chi connectivity index (χ4v) is 1.44. The zero-order valence-corrected chi connectivity index (χ0v) is 7.61. The molecule has 0 aromatic carbocycles. The van der Waals surface area contributed by atoms with Gasteiger partial charge in [0.15, 0.2) is 5.84 Å². The first-order chi connectivity index (χ1) is 7.34. The van der Waals surface area contributed by atoms with Crippen LogP contribution in [0.1, 0.15) is 0 Å². The molecule has 0 bridgehead atoms. The summed E-state index contributed by atoms with van der Waals surface area (Å²) < 4.78 is 1.47. The maximum absolute atomic E-state index is 11.4. The van der Waals surface area contributed by atoms with Gasteiger partial charge >= 0.3 is 5.69 Å².